The van der Waals surface area contributed by atoms with E-state index >= 15 is 0 Å². The second-order valence-electron chi connectivity index (χ2n) is 2.78. The lowest BCUT2D eigenvalue weighted by atomic mass is 10.2. The SMILES string of the molecule is Cc1c[nH]c2cc(Cl)c(F)cc12. The molecule has 62 valence electrons. The Balaban J connectivity index is 2.87. The fourth-order valence-electron chi connectivity index (χ4n) is 1.26. The number of aromatic amines is 1. The first-order valence-corrected chi connectivity index (χ1v) is 3.99. The first kappa shape index (κ1) is 7.62. The Bertz CT molecular complexity index is 433. The van der Waals surface area contributed by atoms with Gasteiger partial charge < -0.3 is 4.98 Å². The summed E-state index contributed by atoms with van der Waals surface area (Å²) in [4.78, 5) is 3.00. The van der Waals surface area contributed by atoms with Gasteiger partial charge in [-0.05, 0) is 24.6 Å². The highest BCUT2D eigenvalue weighted by molar-refractivity contribution is 6.31. The largest absolute Gasteiger partial charge is 0.361 e. The minimum Gasteiger partial charge on any atom is -0.361 e. The van der Waals surface area contributed by atoms with Crippen molar-refractivity contribution in [3.8, 4) is 0 Å². The molecule has 2 rings (SSSR count). The number of halogens is 2. The van der Waals surface area contributed by atoms with Gasteiger partial charge in [-0.1, -0.05) is 11.6 Å². The van der Waals surface area contributed by atoms with Crippen molar-refractivity contribution in [1.29, 1.82) is 0 Å². The van der Waals surface area contributed by atoms with E-state index < -0.39 is 0 Å². The van der Waals surface area contributed by atoms with Gasteiger partial charge in [-0.2, -0.15) is 0 Å². The highest BCUT2D eigenvalue weighted by atomic mass is 35.5. The maximum absolute atomic E-state index is 13.0. The van der Waals surface area contributed by atoms with Crippen LogP contribution in [0.3, 0.4) is 0 Å². The summed E-state index contributed by atoms with van der Waals surface area (Å²) in [5, 5.41) is 1.04. The number of aromatic nitrogens is 1. The van der Waals surface area contributed by atoms with E-state index in [0.717, 1.165) is 16.5 Å². The standard InChI is InChI=1S/C9H7ClFN/c1-5-4-12-9-3-7(10)8(11)2-6(5)9/h2-4,12H,1H3. The summed E-state index contributed by atoms with van der Waals surface area (Å²) >= 11 is 5.60. The Morgan fingerprint density at radius 1 is 1.42 bits per heavy atom. The van der Waals surface area contributed by atoms with E-state index in [2.05, 4.69) is 4.98 Å². The number of benzene rings is 1. The van der Waals surface area contributed by atoms with Crippen LogP contribution in [0.4, 0.5) is 4.39 Å². The predicted octanol–water partition coefficient (Wildman–Crippen LogP) is 3.27. The summed E-state index contributed by atoms with van der Waals surface area (Å²) in [5.41, 5.74) is 1.90. The monoisotopic (exact) mass is 183 g/mol. The summed E-state index contributed by atoms with van der Waals surface area (Å²) in [6.07, 6.45) is 1.83. The Kier molecular flexibility index (Phi) is 1.58. The molecule has 0 aliphatic carbocycles. The molecule has 0 spiro atoms. The summed E-state index contributed by atoms with van der Waals surface area (Å²) in [6, 6.07) is 3.04. The van der Waals surface area contributed by atoms with Gasteiger partial charge in [0.15, 0.2) is 0 Å². The van der Waals surface area contributed by atoms with Gasteiger partial charge in [-0.3, -0.25) is 0 Å². The highest BCUT2D eigenvalue weighted by Gasteiger charge is 2.04. The van der Waals surface area contributed by atoms with Crippen molar-refractivity contribution >= 4 is 22.5 Å². The lowest BCUT2D eigenvalue weighted by Crippen LogP contribution is -1.77. The van der Waals surface area contributed by atoms with Gasteiger partial charge in [0.1, 0.15) is 5.82 Å². The van der Waals surface area contributed by atoms with Crippen LogP contribution in [-0.2, 0) is 0 Å². The molecule has 0 radical (unpaired) electrons. The third-order valence-electron chi connectivity index (χ3n) is 1.93. The van der Waals surface area contributed by atoms with E-state index in [9.17, 15) is 4.39 Å². The third kappa shape index (κ3) is 0.994. The molecule has 0 fully saturated rings. The average molecular weight is 184 g/mol. The minimum atomic E-state index is -0.369. The summed E-state index contributed by atoms with van der Waals surface area (Å²) in [5.74, 6) is -0.369. The van der Waals surface area contributed by atoms with Crippen LogP contribution < -0.4 is 0 Å². The lowest BCUT2D eigenvalue weighted by molar-refractivity contribution is 0.630. The zero-order valence-corrected chi connectivity index (χ0v) is 7.24. The van der Waals surface area contributed by atoms with Crippen molar-refractivity contribution < 1.29 is 4.39 Å². The number of hydrogen-bond acceptors (Lipinski definition) is 0. The fraction of sp³-hybridized carbons (Fsp3) is 0.111. The van der Waals surface area contributed by atoms with Crippen LogP contribution >= 0.6 is 11.6 Å². The molecule has 1 heterocycles. The number of H-pyrrole nitrogens is 1. The van der Waals surface area contributed by atoms with E-state index in [0.29, 0.717) is 0 Å². The molecule has 0 bridgehead atoms. The second kappa shape index (κ2) is 2.49. The molecule has 2 aromatic rings. The Morgan fingerprint density at radius 2 is 2.17 bits per heavy atom. The summed E-state index contributed by atoms with van der Waals surface area (Å²) in [7, 11) is 0. The van der Waals surface area contributed by atoms with Crippen molar-refractivity contribution in [1.82, 2.24) is 4.98 Å². The van der Waals surface area contributed by atoms with Crippen LogP contribution in [0, 0.1) is 12.7 Å². The van der Waals surface area contributed by atoms with E-state index in [1.807, 2.05) is 13.1 Å². The van der Waals surface area contributed by atoms with Crippen molar-refractivity contribution in [3.05, 3.63) is 34.7 Å². The third-order valence-corrected chi connectivity index (χ3v) is 2.22. The predicted molar refractivity (Wildman–Crippen MR) is 48.0 cm³/mol. The van der Waals surface area contributed by atoms with Gasteiger partial charge in [0.25, 0.3) is 0 Å². The van der Waals surface area contributed by atoms with E-state index in [1.54, 1.807) is 6.07 Å². The van der Waals surface area contributed by atoms with Crippen LogP contribution in [0.25, 0.3) is 10.9 Å². The Morgan fingerprint density at radius 3 is 2.92 bits per heavy atom. The number of aryl methyl sites for hydroxylation is 1. The molecule has 0 amide bonds. The molecule has 0 aliphatic rings. The van der Waals surface area contributed by atoms with Crippen LogP contribution in [0.15, 0.2) is 18.3 Å². The van der Waals surface area contributed by atoms with E-state index in [-0.39, 0.29) is 10.8 Å². The van der Waals surface area contributed by atoms with Crippen molar-refractivity contribution in [2.75, 3.05) is 0 Å². The highest BCUT2D eigenvalue weighted by Crippen LogP contribution is 2.24. The number of rotatable bonds is 0. The van der Waals surface area contributed by atoms with Gasteiger partial charge in [0, 0.05) is 17.1 Å². The molecular weight excluding hydrogens is 177 g/mol. The van der Waals surface area contributed by atoms with Gasteiger partial charge in [0.2, 0.25) is 0 Å². The van der Waals surface area contributed by atoms with Crippen molar-refractivity contribution in [2.45, 2.75) is 6.92 Å². The summed E-state index contributed by atoms with van der Waals surface area (Å²) < 4.78 is 13.0. The van der Waals surface area contributed by atoms with E-state index in [4.69, 9.17) is 11.6 Å². The minimum absolute atomic E-state index is 0.157. The molecule has 0 saturated heterocycles. The van der Waals surface area contributed by atoms with E-state index in [1.165, 1.54) is 6.07 Å². The first-order chi connectivity index (χ1) is 5.68. The average Bonchev–Trinajstić information content (AvgIpc) is 2.35. The van der Waals surface area contributed by atoms with Crippen LogP contribution in [0.2, 0.25) is 5.02 Å². The molecule has 1 aromatic heterocycles. The Hall–Kier alpha value is -1.02. The normalized spacial score (nSPS) is 10.9. The Labute approximate surface area is 74.2 Å². The molecule has 12 heavy (non-hydrogen) atoms. The van der Waals surface area contributed by atoms with Crippen LogP contribution in [-0.4, -0.2) is 4.98 Å². The molecule has 1 aromatic carbocycles. The lowest BCUT2D eigenvalue weighted by Gasteiger charge is -1.94. The molecule has 1 nitrogen and oxygen atoms in total. The molecule has 0 atom stereocenters. The topological polar surface area (TPSA) is 15.8 Å². The van der Waals surface area contributed by atoms with Gasteiger partial charge >= 0.3 is 0 Å². The van der Waals surface area contributed by atoms with Gasteiger partial charge in [0.05, 0.1) is 5.02 Å². The number of fused-ring (bicyclic) bond motifs is 1. The maximum Gasteiger partial charge on any atom is 0.142 e. The maximum atomic E-state index is 13.0. The summed E-state index contributed by atoms with van der Waals surface area (Å²) in [6.45, 7) is 1.92. The fourth-order valence-corrected chi connectivity index (χ4v) is 1.42. The first-order valence-electron chi connectivity index (χ1n) is 3.61. The van der Waals surface area contributed by atoms with Crippen LogP contribution in [0.5, 0.6) is 0 Å². The van der Waals surface area contributed by atoms with Crippen molar-refractivity contribution in [3.63, 3.8) is 0 Å². The molecular formula is C9H7ClFN. The molecule has 0 unspecified atom stereocenters. The molecule has 0 saturated carbocycles. The molecule has 3 heteroatoms. The number of hydrogen-bond donors (Lipinski definition) is 1. The second-order valence-corrected chi connectivity index (χ2v) is 3.19. The molecule has 1 N–H and O–H groups in total. The smallest absolute Gasteiger partial charge is 0.142 e. The zero-order chi connectivity index (χ0) is 8.72. The van der Waals surface area contributed by atoms with Gasteiger partial charge in [-0.15, -0.1) is 0 Å². The number of nitrogens with one attached hydrogen (secondary N) is 1. The van der Waals surface area contributed by atoms with Gasteiger partial charge in [-0.25, -0.2) is 4.39 Å². The molecule has 0 aliphatic heterocycles. The zero-order valence-electron chi connectivity index (χ0n) is 6.49. The quantitative estimate of drug-likeness (QED) is 0.645. The van der Waals surface area contributed by atoms with Crippen molar-refractivity contribution in [2.24, 2.45) is 0 Å². The van der Waals surface area contributed by atoms with Crippen LogP contribution in [0.1, 0.15) is 5.56 Å².